The van der Waals surface area contributed by atoms with Crippen LogP contribution in [0.4, 0.5) is 5.69 Å². The molecular weight excluding hydrogens is 394 g/mol. The van der Waals surface area contributed by atoms with Crippen LogP contribution in [-0.4, -0.2) is 32.6 Å². The van der Waals surface area contributed by atoms with Crippen LogP contribution in [0.25, 0.3) is 11.4 Å². The molecule has 0 aliphatic carbocycles. The van der Waals surface area contributed by atoms with Crippen molar-refractivity contribution in [2.24, 2.45) is 0 Å². The Kier molecular flexibility index (Phi) is 5.28. The van der Waals surface area contributed by atoms with Crippen molar-refractivity contribution in [2.45, 2.75) is 30.2 Å². The summed E-state index contributed by atoms with van der Waals surface area (Å²) in [5, 5.41) is 9.09. The number of para-hydroxylation sites is 1. The summed E-state index contributed by atoms with van der Waals surface area (Å²) in [7, 11) is 0. The van der Waals surface area contributed by atoms with Crippen LogP contribution in [0.5, 0.6) is 0 Å². The van der Waals surface area contributed by atoms with Gasteiger partial charge in [0.25, 0.3) is 0 Å². The minimum Gasteiger partial charge on any atom is -0.335 e. The Morgan fingerprint density at radius 3 is 2.86 bits per heavy atom. The van der Waals surface area contributed by atoms with Gasteiger partial charge in [-0.15, -0.1) is 10.2 Å². The van der Waals surface area contributed by atoms with Gasteiger partial charge >= 0.3 is 0 Å². The van der Waals surface area contributed by atoms with Gasteiger partial charge in [0.05, 0.1) is 5.25 Å². The largest absolute Gasteiger partial charge is 0.335 e. The van der Waals surface area contributed by atoms with Gasteiger partial charge in [0, 0.05) is 22.8 Å². The van der Waals surface area contributed by atoms with E-state index in [1.807, 2.05) is 42.2 Å². The second-order valence-corrected chi connectivity index (χ2v) is 8.41. The lowest BCUT2D eigenvalue weighted by molar-refractivity contribution is -0.117. The van der Waals surface area contributed by atoms with Crippen molar-refractivity contribution in [1.82, 2.24) is 14.9 Å². The predicted octanol–water partition coefficient (Wildman–Crippen LogP) is 3.77. The number of nitrogen functional groups attached to an aromatic ring is 1. The molecule has 6 nitrogen and oxygen atoms in total. The van der Waals surface area contributed by atoms with E-state index < -0.39 is 0 Å². The van der Waals surface area contributed by atoms with Gasteiger partial charge < -0.3 is 10.7 Å². The Labute approximate surface area is 172 Å². The van der Waals surface area contributed by atoms with Crippen LogP contribution in [0, 0.1) is 0 Å². The molecule has 3 aromatic rings. The van der Waals surface area contributed by atoms with Gasteiger partial charge in [-0.1, -0.05) is 53.7 Å². The number of rotatable bonds is 4. The maximum Gasteiger partial charge on any atom is 0.240 e. The van der Waals surface area contributed by atoms with Crippen LogP contribution < -0.4 is 10.7 Å². The van der Waals surface area contributed by atoms with Crippen molar-refractivity contribution in [2.75, 3.05) is 17.3 Å². The lowest BCUT2D eigenvalue weighted by Gasteiger charge is -2.31. The van der Waals surface area contributed by atoms with E-state index in [2.05, 4.69) is 16.3 Å². The Morgan fingerprint density at radius 2 is 2.04 bits per heavy atom. The number of aromatic nitrogens is 3. The predicted molar refractivity (Wildman–Crippen MR) is 113 cm³/mol. The quantitative estimate of drug-likeness (QED) is 0.520. The summed E-state index contributed by atoms with van der Waals surface area (Å²) < 4.78 is 1.41. The number of hydrogen-bond acceptors (Lipinski definition) is 5. The fourth-order valence-electron chi connectivity index (χ4n) is 3.37. The first-order valence-electron chi connectivity index (χ1n) is 9.07. The number of amides is 1. The molecule has 0 saturated heterocycles. The van der Waals surface area contributed by atoms with E-state index in [1.54, 1.807) is 12.1 Å². The number of thioether (sulfide) groups is 1. The van der Waals surface area contributed by atoms with Crippen LogP contribution >= 0.6 is 23.4 Å². The van der Waals surface area contributed by atoms with E-state index in [9.17, 15) is 4.79 Å². The number of nitrogens with two attached hydrogens (primary N) is 1. The monoisotopic (exact) mass is 413 g/mol. The normalized spacial score (nSPS) is 14.6. The summed E-state index contributed by atoms with van der Waals surface area (Å²) in [6, 6.07) is 15.3. The number of anilines is 1. The van der Waals surface area contributed by atoms with Gasteiger partial charge in [0.15, 0.2) is 5.82 Å². The molecule has 1 amide bonds. The molecular formula is C20H20ClN5OS. The smallest absolute Gasteiger partial charge is 0.240 e. The van der Waals surface area contributed by atoms with Gasteiger partial charge in [-0.3, -0.25) is 4.79 Å². The molecule has 2 N–H and O–H groups in total. The fourth-order valence-corrected chi connectivity index (χ4v) is 4.39. The lowest BCUT2D eigenvalue weighted by Crippen LogP contribution is -2.40. The lowest BCUT2D eigenvalue weighted by atomic mass is 10.0. The molecule has 2 aromatic carbocycles. The molecule has 0 radical (unpaired) electrons. The van der Waals surface area contributed by atoms with E-state index in [1.165, 1.54) is 22.0 Å². The van der Waals surface area contributed by atoms with Crippen molar-refractivity contribution in [3.63, 3.8) is 0 Å². The third kappa shape index (κ3) is 3.59. The zero-order chi connectivity index (χ0) is 19.7. The molecule has 144 valence electrons. The minimum atomic E-state index is -0.343. The average molecular weight is 414 g/mol. The van der Waals surface area contributed by atoms with Crippen molar-refractivity contribution < 1.29 is 4.79 Å². The van der Waals surface area contributed by atoms with Crippen LogP contribution in [0.2, 0.25) is 5.02 Å². The molecule has 1 unspecified atom stereocenters. The number of hydrogen-bond donors (Lipinski definition) is 1. The molecule has 1 aromatic heterocycles. The molecule has 0 bridgehead atoms. The van der Waals surface area contributed by atoms with E-state index in [0.717, 1.165) is 30.6 Å². The Balaban J connectivity index is 1.53. The van der Waals surface area contributed by atoms with Gasteiger partial charge in [0.2, 0.25) is 11.1 Å². The van der Waals surface area contributed by atoms with Gasteiger partial charge in [-0.2, -0.15) is 0 Å². The van der Waals surface area contributed by atoms with Crippen LogP contribution in [0.1, 0.15) is 18.9 Å². The zero-order valence-corrected chi connectivity index (χ0v) is 17.0. The van der Waals surface area contributed by atoms with E-state index in [-0.39, 0.29) is 11.2 Å². The van der Waals surface area contributed by atoms with Crippen LogP contribution in [-0.2, 0) is 11.2 Å². The number of nitrogens with zero attached hydrogens (tertiary/aromatic N) is 4. The Morgan fingerprint density at radius 1 is 1.21 bits per heavy atom. The SMILES string of the molecule is CC(Sc1nnc(-c2cccc(Cl)c2)n1N)C(=O)N1CCCc2ccccc21. The third-order valence-corrected chi connectivity index (χ3v) is 6.03. The molecule has 28 heavy (non-hydrogen) atoms. The third-order valence-electron chi connectivity index (χ3n) is 4.75. The molecule has 0 saturated carbocycles. The van der Waals surface area contributed by atoms with Gasteiger partial charge in [-0.25, -0.2) is 4.68 Å². The Hall–Kier alpha value is -2.51. The zero-order valence-electron chi connectivity index (χ0n) is 15.4. The van der Waals surface area contributed by atoms with Crippen molar-refractivity contribution in [3.8, 4) is 11.4 Å². The minimum absolute atomic E-state index is 0.0458. The number of carbonyl (C=O) groups excluding carboxylic acids is 1. The topological polar surface area (TPSA) is 77.0 Å². The van der Waals surface area contributed by atoms with Crippen molar-refractivity contribution in [1.29, 1.82) is 0 Å². The highest BCUT2D eigenvalue weighted by Gasteiger charge is 2.28. The summed E-state index contributed by atoms with van der Waals surface area (Å²) in [6.07, 6.45) is 1.97. The summed E-state index contributed by atoms with van der Waals surface area (Å²) in [4.78, 5) is 15.0. The maximum atomic E-state index is 13.1. The van der Waals surface area contributed by atoms with Crippen molar-refractivity contribution >= 4 is 35.0 Å². The highest BCUT2D eigenvalue weighted by Crippen LogP contribution is 2.31. The standard InChI is InChI=1S/C20H20ClN5OS/c1-13(19(27)25-11-5-8-14-6-2-3-10-17(14)25)28-20-24-23-18(26(20)22)15-7-4-9-16(21)12-15/h2-4,6-7,9-10,12-13H,5,8,11,22H2,1H3. The summed E-state index contributed by atoms with van der Waals surface area (Å²) in [6.45, 7) is 2.60. The molecule has 0 fully saturated rings. The maximum absolute atomic E-state index is 13.1. The molecule has 1 aliphatic heterocycles. The number of benzene rings is 2. The van der Waals surface area contributed by atoms with Gasteiger partial charge in [0.1, 0.15) is 0 Å². The summed E-state index contributed by atoms with van der Waals surface area (Å²) in [5.41, 5.74) is 2.99. The number of fused-ring (bicyclic) bond motifs is 1. The highest BCUT2D eigenvalue weighted by molar-refractivity contribution is 8.00. The van der Waals surface area contributed by atoms with Gasteiger partial charge in [-0.05, 0) is 43.5 Å². The Bertz CT molecular complexity index is 1020. The average Bonchev–Trinajstić information content (AvgIpc) is 3.07. The first-order valence-corrected chi connectivity index (χ1v) is 10.3. The molecule has 1 atom stereocenters. The second-order valence-electron chi connectivity index (χ2n) is 6.67. The number of halogens is 1. The van der Waals surface area contributed by atoms with Crippen molar-refractivity contribution in [3.05, 3.63) is 59.1 Å². The van der Waals surface area contributed by atoms with E-state index in [0.29, 0.717) is 16.0 Å². The highest BCUT2D eigenvalue weighted by atomic mass is 35.5. The van der Waals surface area contributed by atoms with E-state index in [4.69, 9.17) is 17.4 Å². The summed E-state index contributed by atoms with van der Waals surface area (Å²) >= 11 is 7.36. The number of aryl methyl sites for hydroxylation is 1. The van der Waals surface area contributed by atoms with Crippen LogP contribution in [0.15, 0.2) is 53.7 Å². The molecule has 2 heterocycles. The first kappa shape index (κ1) is 18.8. The fraction of sp³-hybridized carbons (Fsp3) is 0.250. The first-order chi connectivity index (χ1) is 13.5. The summed E-state index contributed by atoms with van der Waals surface area (Å²) in [5.74, 6) is 6.74. The molecule has 0 spiro atoms. The second kappa shape index (κ2) is 7.85. The van der Waals surface area contributed by atoms with Crippen LogP contribution in [0.3, 0.4) is 0 Å². The van der Waals surface area contributed by atoms with E-state index >= 15 is 0 Å². The number of carbonyl (C=O) groups is 1. The molecule has 8 heteroatoms. The molecule has 4 rings (SSSR count). The molecule has 1 aliphatic rings.